The molecule has 3 aromatic rings. The Hall–Kier alpha value is -1.64. The van der Waals surface area contributed by atoms with Crippen molar-refractivity contribution in [3.05, 3.63) is 83.9 Å². The number of rotatable bonds is 4. The molecule has 0 nitrogen and oxygen atoms in total. The minimum absolute atomic E-state index is 1.31. The summed E-state index contributed by atoms with van der Waals surface area (Å²) in [5.41, 5.74) is 2.64. The zero-order chi connectivity index (χ0) is 15.4. The molecule has 0 amide bonds. The SMILES string of the molecule is Cc1ccccc1Sc1ccccc1Sc1ccccc1C. The van der Waals surface area contributed by atoms with Gasteiger partial charge < -0.3 is 0 Å². The zero-order valence-corrected chi connectivity index (χ0v) is 14.4. The number of hydrogen-bond acceptors (Lipinski definition) is 2. The van der Waals surface area contributed by atoms with E-state index in [1.165, 1.54) is 30.7 Å². The van der Waals surface area contributed by atoms with Gasteiger partial charge >= 0.3 is 0 Å². The Kier molecular flexibility index (Phi) is 4.91. The van der Waals surface area contributed by atoms with Crippen LogP contribution in [0.15, 0.2) is 92.4 Å². The topological polar surface area (TPSA) is 0 Å². The lowest BCUT2D eigenvalue weighted by atomic mass is 10.2. The monoisotopic (exact) mass is 322 g/mol. The summed E-state index contributed by atoms with van der Waals surface area (Å²) in [5, 5.41) is 0. The van der Waals surface area contributed by atoms with Gasteiger partial charge in [-0.15, -0.1) is 0 Å². The number of hydrogen-bond donors (Lipinski definition) is 0. The fraction of sp³-hybridized carbons (Fsp3) is 0.100. The molecule has 2 heteroatoms. The van der Waals surface area contributed by atoms with Crippen LogP contribution in [-0.2, 0) is 0 Å². The van der Waals surface area contributed by atoms with Crippen LogP contribution in [0.1, 0.15) is 11.1 Å². The summed E-state index contributed by atoms with van der Waals surface area (Å²) >= 11 is 3.69. The van der Waals surface area contributed by atoms with Crippen LogP contribution in [0.3, 0.4) is 0 Å². The third-order valence-corrected chi connectivity index (χ3v) is 6.11. The first-order valence-electron chi connectivity index (χ1n) is 7.30. The second kappa shape index (κ2) is 7.08. The van der Waals surface area contributed by atoms with E-state index in [1.807, 2.05) is 23.5 Å². The van der Waals surface area contributed by atoms with Crippen LogP contribution in [0.25, 0.3) is 0 Å². The lowest BCUT2D eigenvalue weighted by molar-refractivity contribution is 1.21. The Bertz CT molecular complexity index is 711. The number of benzene rings is 3. The van der Waals surface area contributed by atoms with Crippen molar-refractivity contribution in [2.75, 3.05) is 0 Å². The molecule has 0 saturated carbocycles. The molecule has 0 aliphatic heterocycles. The summed E-state index contributed by atoms with van der Waals surface area (Å²) in [5.74, 6) is 0. The maximum absolute atomic E-state index is 2.21. The van der Waals surface area contributed by atoms with E-state index >= 15 is 0 Å². The molecule has 0 spiro atoms. The Morgan fingerprint density at radius 2 is 0.773 bits per heavy atom. The molecule has 0 aromatic heterocycles. The average molecular weight is 322 g/mol. The standard InChI is InChI=1S/C20H18S2/c1-15-9-3-5-11-17(15)21-19-13-7-8-14-20(19)22-18-12-6-4-10-16(18)2/h3-14H,1-2H3. The van der Waals surface area contributed by atoms with Crippen molar-refractivity contribution < 1.29 is 0 Å². The normalized spacial score (nSPS) is 10.6. The highest BCUT2D eigenvalue weighted by molar-refractivity contribution is 8.02. The lowest BCUT2D eigenvalue weighted by Crippen LogP contribution is -1.83. The molecule has 0 saturated heterocycles. The summed E-state index contributed by atoms with van der Waals surface area (Å²) in [6, 6.07) is 25.7. The van der Waals surface area contributed by atoms with Crippen LogP contribution < -0.4 is 0 Å². The summed E-state index contributed by atoms with van der Waals surface area (Å²) in [6.07, 6.45) is 0. The van der Waals surface area contributed by atoms with Gasteiger partial charge in [-0.3, -0.25) is 0 Å². The minimum atomic E-state index is 1.31. The van der Waals surface area contributed by atoms with E-state index in [-0.39, 0.29) is 0 Å². The molecule has 0 fully saturated rings. The van der Waals surface area contributed by atoms with E-state index in [4.69, 9.17) is 0 Å². The largest absolute Gasteiger partial charge is 0.0886 e. The second-order valence-electron chi connectivity index (χ2n) is 5.18. The number of aryl methyl sites for hydroxylation is 2. The van der Waals surface area contributed by atoms with Gasteiger partial charge in [-0.1, -0.05) is 72.1 Å². The van der Waals surface area contributed by atoms with Crippen molar-refractivity contribution >= 4 is 23.5 Å². The predicted molar refractivity (Wildman–Crippen MR) is 97.0 cm³/mol. The van der Waals surface area contributed by atoms with E-state index in [2.05, 4.69) is 86.6 Å². The highest BCUT2D eigenvalue weighted by Crippen LogP contribution is 2.40. The fourth-order valence-corrected chi connectivity index (χ4v) is 4.30. The molecule has 0 heterocycles. The van der Waals surface area contributed by atoms with Crippen molar-refractivity contribution in [3.63, 3.8) is 0 Å². The van der Waals surface area contributed by atoms with Gasteiger partial charge in [-0.25, -0.2) is 0 Å². The molecule has 22 heavy (non-hydrogen) atoms. The van der Waals surface area contributed by atoms with Crippen LogP contribution in [0.4, 0.5) is 0 Å². The van der Waals surface area contributed by atoms with E-state index < -0.39 is 0 Å². The minimum Gasteiger partial charge on any atom is -0.0886 e. The van der Waals surface area contributed by atoms with Gasteiger partial charge in [0, 0.05) is 19.6 Å². The highest BCUT2D eigenvalue weighted by atomic mass is 32.2. The van der Waals surface area contributed by atoms with Crippen molar-refractivity contribution in [3.8, 4) is 0 Å². The van der Waals surface area contributed by atoms with Crippen LogP contribution in [0.5, 0.6) is 0 Å². The van der Waals surface area contributed by atoms with E-state index in [0.29, 0.717) is 0 Å². The first-order chi connectivity index (χ1) is 10.7. The van der Waals surface area contributed by atoms with Crippen LogP contribution >= 0.6 is 23.5 Å². The van der Waals surface area contributed by atoms with Gasteiger partial charge in [0.1, 0.15) is 0 Å². The third kappa shape index (κ3) is 3.57. The lowest BCUT2D eigenvalue weighted by Gasteiger charge is -2.11. The Morgan fingerprint density at radius 1 is 0.455 bits per heavy atom. The summed E-state index contributed by atoms with van der Waals surface area (Å²) < 4.78 is 0. The van der Waals surface area contributed by atoms with Gasteiger partial charge in [0.25, 0.3) is 0 Å². The van der Waals surface area contributed by atoms with Gasteiger partial charge in [-0.2, -0.15) is 0 Å². The molecule has 3 aromatic carbocycles. The first-order valence-corrected chi connectivity index (χ1v) is 8.93. The van der Waals surface area contributed by atoms with Gasteiger partial charge in [0.05, 0.1) is 0 Å². The zero-order valence-electron chi connectivity index (χ0n) is 12.7. The smallest absolute Gasteiger partial charge is 0.0262 e. The van der Waals surface area contributed by atoms with E-state index in [0.717, 1.165) is 0 Å². The Balaban J connectivity index is 1.91. The molecule has 0 aliphatic carbocycles. The second-order valence-corrected chi connectivity index (χ2v) is 7.35. The summed E-state index contributed by atoms with van der Waals surface area (Å²) in [6.45, 7) is 4.33. The van der Waals surface area contributed by atoms with Gasteiger partial charge in [0.2, 0.25) is 0 Å². The molecule has 0 radical (unpaired) electrons. The highest BCUT2D eigenvalue weighted by Gasteiger charge is 2.08. The van der Waals surface area contributed by atoms with Crippen LogP contribution in [0, 0.1) is 13.8 Å². The maximum atomic E-state index is 2.21. The first kappa shape index (κ1) is 15.3. The molecule has 0 atom stereocenters. The van der Waals surface area contributed by atoms with Gasteiger partial charge in [0.15, 0.2) is 0 Å². The van der Waals surface area contributed by atoms with Crippen molar-refractivity contribution in [1.82, 2.24) is 0 Å². The van der Waals surface area contributed by atoms with Crippen molar-refractivity contribution in [1.29, 1.82) is 0 Å². The molecular formula is C20H18S2. The van der Waals surface area contributed by atoms with E-state index in [9.17, 15) is 0 Å². The molecular weight excluding hydrogens is 304 g/mol. The third-order valence-electron chi connectivity index (χ3n) is 3.48. The molecule has 0 aliphatic rings. The Morgan fingerprint density at radius 3 is 1.14 bits per heavy atom. The Labute approximate surface area is 141 Å². The fourth-order valence-electron chi connectivity index (χ4n) is 2.20. The van der Waals surface area contributed by atoms with E-state index in [1.54, 1.807) is 0 Å². The molecule has 0 bridgehead atoms. The van der Waals surface area contributed by atoms with Gasteiger partial charge in [-0.05, 0) is 49.2 Å². The average Bonchev–Trinajstić information content (AvgIpc) is 2.53. The summed E-state index contributed by atoms with van der Waals surface area (Å²) in [4.78, 5) is 5.26. The van der Waals surface area contributed by atoms with Crippen molar-refractivity contribution in [2.45, 2.75) is 33.4 Å². The molecule has 110 valence electrons. The quantitative estimate of drug-likeness (QED) is 0.530. The molecule has 0 unspecified atom stereocenters. The van der Waals surface area contributed by atoms with Crippen LogP contribution in [-0.4, -0.2) is 0 Å². The van der Waals surface area contributed by atoms with Crippen molar-refractivity contribution in [2.24, 2.45) is 0 Å². The molecule has 0 N–H and O–H groups in total. The summed E-state index contributed by atoms with van der Waals surface area (Å²) in [7, 11) is 0. The molecule has 3 rings (SSSR count). The van der Waals surface area contributed by atoms with Crippen LogP contribution in [0.2, 0.25) is 0 Å². The maximum Gasteiger partial charge on any atom is 0.0262 e. The predicted octanol–water partition coefficient (Wildman–Crippen LogP) is 6.61.